The zero-order chi connectivity index (χ0) is 44.1. The second kappa shape index (κ2) is 16.0. The van der Waals surface area contributed by atoms with Gasteiger partial charge in [-0.2, -0.15) is 0 Å². The third-order valence-electron chi connectivity index (χ3n) is 12.3. The summed E-state index contributed by atoms with van der Waals surface area (Å²) in [6, 6.07) is 65.1. The molecule has 12 aromatic rings. The van der Waals surface area contributed by atoms with Crippen LogP contribution in [-0.2, 0) is 0 Å². The highest BCUT2D eigenvalue weighted by Crippen LogP contribution is 2.41. The van der Waals surface area contributed by atoms with Crippen molar-refractivity contribution in [1.29, 1.82) is 0 Å². The van der Waals surface area contributed by atoms with Crippen LogP contribution < -0.4 is 0 Å². The third-order valence-corrected chi connectivity index (χ3v) is 12.3. The Morgan fingerprint density at radius 2 is 1.08 bits per heavy atom. The maximum atomic E-state index is 6.55. The molecule has 0 bridgehead atoms. The Balaban J connectivity index is 1.04. The summed E-state index contributed by atoms with van der Waals surface area (Å²) in [6.45, 7) is 5.97. The Morgan fingerprint density at radius 1 is 0.485 bits per heavy atom. The fourth-order valence-electron chi connectivity index (χ4n) is 9.24. The lowest BCUT2D eigenvalue weighted by atomic mass is 9.99. The van der Waals surface area contributed by atoms with Crippen LogP contribution in [0.4, 0.5) is 0 Å². The third kappa shape index (κ3) is 6.61. The van der Waals surface area contributed by atoms with Crippen LogP contribution in [0.1, 0.15) is 6.92 Å². The normalized spacial score (nSPS) is 12.1. The second-order valence-electron chi connectivity index (χ2n) is 16.4. The Hall–Kier alpha value is -8.94. The van der Waals surface area contributed by atoms with E-state index in [2.05, 4.69) is 138 Å². The van der Waals surface area contributed by atoms with Gasteiger partial charge in [0.1, 0.15) is 17.0 Å². The molecule has 4 heterocycles. The van der Waals surface area contributed by atoms with Gasteiger partial charge in [-0.15, -0.1) is 0 Å². The molecule has 7 heteroatoms. The first-order valence-electron chi connectivity index (χ1n) is 22.0. The van der Waals surface area contributed by atoms with Gasteiger partial charge in [0.15, 0.2) is 17.5 Å². The minimum absolute atomic E-state index is 0.583. The summed E-state index contributed by atoms with van der Waals surface area (Å²) >= 11 is 0. The lowest BCUT2D eigenvalue weighted by Gasteiger charge is -2.11. The zero-order valence-electron chi connectivity index (χ0n) is 36.0. The molecule has 0 aliphatic carbocycles. The molecule has 66 heavy (non-hydrogen) atoms. The first-order valence-corrected chi connectivity index (χ1v) is 22.0. The molecule has 0 unspecified atom stereocenters. The van der Waals surface area contributed by atoms with E-state index in [1.54, 1.807) is 6.08 Å². The van der Waals surface area contributed by atoms with Crippen molar-refractivity contribution in [2.75, 3.05) is 0 Å². The SMILES string of the molecule is C=C/C=C\C=C(/C)n1c(-c2ccc3c(c2)c2cc(-c4ccc5oc6cccc(-c7nc(-c8ccccc8)nc(-c8ccccc8)n7)c6c5c4)ccc2n3-c2ccccc2)nc2ccccc21. The molecule has 0 saturated heterocycles. The minimum Gasteiger partial charge on any atom is -0.456 e. The van der Waals surface area contributed by atoms with Crippen LogP contribution in [-0.4, -0.2) is 29.1 Å². The number of nitrogens with zero attached hydrogens (tertiary/aromatic N) is 6. The molecular weight excluding hydrogens is 809 g/mol. The first kappa shape index (κ1) is 38.7. The molecule has 0 spiro atoms. The molecule has 0 amide bonds. The Bertz CT molecular complexity index is 3840. The van der Waals surface area contributed by atoms with E-state index >= 15 is 0 Å². The van der Waals surface area contributed by atoms with Crippen molar-refractivity contribution in [3.8, 4) is 62.4 Å². The van der Waals surface area contributed by atoms with Gasteiger partial charge in [-0.05, 0) is 96.9 Å². The highest BCUT2D eigenvalue weighted by atomic mass is 16.3. The predicted molar refractivity (Wildman–Crippen MR) is 271 cm³/mol. The molecule has 7 nitrogen and oxygen atoms in total. The van der Waals surface area contributed by atoms with Crippen LogP contribution in [0.25, 0.3) is 123 Å². The van der Waals surface area contributed by atoms with E-state index in [9.17, 15) is 0 Å². The lowest BCUT2D eigenvalue weighted by Crippen LogP contribution is -2.00. The van der Waals surface area contributed by atoms with Crippen molar-refractivity contribution >= 4 is 60.5 Å². The van der Waals surface area contributed by atoms with Crippen molar-refractivity contribution in [2.45, 2.75) is 6.92 Å². The summed E-state index contributed by atoms with van der Waals surface area (Å²) in [5, 5.41) is 4.22. The van der Waals surface area contributed by atoms with Crippen LogP contribution in [0.2, 0.25) is 0 Å². The van der Waals surface area contributed by atoms with Gasteiger partial charge >= 0.3 is 0 Å². The predicted octanol–water partition coefficient (Wildman–Crippen LogP) is 15.2. The van der Waals surface area contributed by atoms with Gasteiger partial charge in [-0.25, -0.2) is 19.9 Å². The number of benzene rings is 8. The Labute approximate surface area is 380 Å². The van der Waals surface area contributed by atoms with E-state index in [1.807, 2.05) is 91.0 Å². The fraction of sp³-hybridized carbons (Fsp3) is 0.0169. The van der Waals surface area contributed by atoms with E-state index in [0.717, 1.165) is 105 Å². The summed E-state index contributed by atoms with van der Waals surface area (Å²) in [5.74, 6) is 2.69. The van der Waals surface area contributed by atoms with Gasteiger partial charge in [0.25, 0.3) is 0 Å². The molecule has 0 aliphatic heterocycles. The van der Waals surface area contributed by atoms with Crippen LogP contribution in [0, 0.1) is 0 Å². The number of fused-ring (bicyclic) bond motifs is 7. The summed E-state index contributed by atoms with van der Waals surface area (Å²) in [7, 11) is 0. The van der Waals surface area contributed by atoms with E-state index in [0.29, 0.717) is 17.5 Å². The van der Waals surface area contributed by atoms with Gasteiger partial charge in [0, 0.05) is 55.2 Å². The summed E-state index contributed by atoms with van der Waals surface area (Å²) < 4.78 is 11.1. The number of rotatable bonds is 9. The molecule has 0 saturated carbocycles. The second-order valence-corrected chi connectivity index (χ2v) is 16.4. The molecule has 0 fully saturated rings. The quantitative estimate of drug-likeness (QED) is 0.135. The van der Waals surface area contributed by atoms with Crippen LogP contribution >= 0.6 is 0 Å². The molecule has 8 aromatic carbocycles. The average molecular weight is 849 g/mol. The maximum absolute atomic E-state index is 6.55. The number of furan rings is 1. The Kier molecular flexibility index (Phi) is 9.39. The van der Waals surface area contributed by atoms with Crippen molar-refractivity contribution in [3.05, 3.63) is 219 Å². The number of para-hydroxylation sites is 3. The Morgan fingerprint density at radius 3 is 1.77 bits per heavy atom. The van der Waals surface area contributed by atoms with Crippen molar-refractivity contribution in [3.63, 3.8) is 0 Å². The standard InChI is InChI=1S/C59H40N6O/c1-3-4-8-18-38(2)64-52-27-16-15-26-49(52)60-59(64)43-30-33-51-47(37-43)46-35-41(29-32-50(46)65(51)44-23-13-7-14-24-44)42-31-34-53-48(36-42)55-45(25-17-28-54(55)66-53)58-62-56(39-19-9-5-10-20-39)61-57(63-58)40-21-11-6-12-22-40/h3-37H,1H2,2H3/b8-4-,38-18+. The monoisotopic (exact) mass is 848 g/mol. The van der Waals surface area contributed by atoms with Crippen LogP contribution in [0.15, 0.2) is 223 Å². The summed E-state index contributed by atoms with van der Waals surface area (Å²) in [4.78, 5) is 20.4. The molecule has 0 N–H and O–H groups in total. The van der Waals surface area contributed by atoms with Gasteiger partial charge < -0.3 is 8.98 Å². The number of hydrogen-bond acceptors (Lipinski definition) is 5. The van der Waals surface area contributed by atoms with E-state index in [-0.39, 0.29) is 0 Å². The molecular formula is C59H40N6O. The van der Waals surface area contributed by atoms with Crippen molar-refractivity contribution < 1.29 is 4.42 Å². The fourth-order valence-corrected chi connectivity index (χ4v) is 9.24. The first-order chi connectivity index (χ1) is 32.6. The molecule has 12 rings (SSSR count). The van der Waals surface area contributed by atoms with Gasteiger partial charge in [0.05, 0.1) is 22.1 Å². The summed E-state index contributed by atoms with van der Waals surface area (Å²) in [5.41, 5.74) is 13.8. The van der Waals surface area contributed by atoms with Crippen LogP contribution in [0.5, 0.6) is 0 Å². The van der Waals surface area contributed by atoms with E-state index < -0.39 is 0 Å². The molecule has 0 radical (unpaired) electrons. The van der Waals surface area contributed by atoms with Crippen molar-refractivity contribution in [2.24, 2.45) is 0 Å². The number of aromatic nitrogens is 6. The maximum Gasteiger partial charge on any atom is 0.164 e. The van der Waals surface area contributed by atoms with Crippen molar-refractivity contribution in [1.82, 2.24) is 29.1 Å². The molecule has 312 valence electrons. The molecule has 0 atom stereocenters. The summed E-state index contributed by atoms with van der Waals surface area (Å²) in [6.07, 6.45) is 7.84. The number of hydrogen-bond donors (Lipinski definition) is 0. The molecule has 0 aliphatic rings. The van der Waals surface area contributed by atoms with Crippen LogP contribution in [0.3, 0.4) is 0 Å². The lowest BCUT2D eigenvalue weighted by molar-refractivity contribution is 0.669. The van der Waals surface area contributed by atoms with E-state index in [1.165, 1.54) is 0 Å². The smallest absolute Gasteiger partial charge is 0.164 e. The number of imidazole rings is 1. The van der Waals surface area contributed by atoms with Gasteiger partial charge in [-0.3, -0.25) is 4.57 Å². The van der Waals surface area contributed by atoms with Gasteiger partial charge in [-0.1, -0.05) is 140 Å². The van der Waals surface area contributed by atoms with Gasteiger partial charge in [0.2, 0.25) is 0 Å². The number of allylic oxidation sites excluding steroid dienone is 5. The highest BCUT2D eigenvalue weighted by molar-refractivity contribution is 6.14. The largest absolute Gasteiger partial charge is 0.456 e. The highest BCUT2D eigenvalue weighted by Gasteiger charge is 2.21. The minimum atomic E-state index is 0.583. The average Bonchev–Trinajstić information content (AvgIpc) is 4.06. The topological polar surface area (TPSA) is 74.6 Å². The zero-order valence-corrected chi connectivity index (χ0v) is 36.0. The molecule has 4 aromatic heterocycles. The van der Waals surface area contributed by atoms with E-state index in [4.69, 9.17) is 24.4 Å².